The Morgan fingerprint density at radius 3 is 2.33 bits per heavy atom. The number of hydrogen-bond donors (Lipinski definition) is 0. The van der Waals surface area contributed by atoms with Crippen molar-refractivity contribution in [1.29, 1.82) is 0 Å². The SMILES string of the molecule is O=S(=O)(c1cccnc1)N1CC2CN(c3nccc(C(F)(F)F)n3)CC2C1. The van der Waals surface area contributed by atoms with Crippen molar-refractivity contribution < 1.29 is 21.6 Å². The Morgan fingerprint density at radius 1 is 1.04 bits per heavy atom. The average molecular weight is 399 g/mol. The van der Waals surface area contributed by atoms with Crippen LogP contribution in [0.25, 0.3) is 0 Å². The zero-order chi connectivity index (χ0) is 19.2. The summed E-state index contributed by atoms with van der Waals surface area (Å²) in [5, 5.41) is 0. The third kappa shape index (κ3) is 3.36. The first-order valence-corrected chi connectivity index (χ1v) is 9.74. The van der Waals surface area contributed by atoms with E-state index in [1.807, 2.05) is 0 Å². The lowest BCUT2D eigenvalue weighted by molar-refractivity contribution is -0.141. The van der Waals surface area contributed by atoms with Crippen molar-refractivity contribution in [2.45, 2.75) is 11.1 Å². The number of alkyl halides is 3. The summed E-state index contributed by atoms with van der Waals surface area (Å²) in [6, 6.07) is 3.90. The van der Waals surface area contributed by atoms with Gasteiger partial charge in [0.25, 0.3) is 0 Å². The number of fused-ring (bicyclic) bond motifs is 1. The van der Waals surface area contributed by atoms with Crippen LogP contribution in [0.15, 0.2) is 41.7 Å². The lowest BCUT2D eigenvalue weighted by Crippen LogP contribution is -2.34. The maximum atomic E-state index is 12.8. The van der Waals surface area contributed by atoms with Crippen LogP contribution < -0.4 is 4.90 Å². The predicted molar refractivity (Wildman–Crippen MR) is 89.2 cm³/mol. The van der Waals surface area contributed by atoms with Gasteiger partial charge >= 0.3 is 6.18 Å². The van der Waals surface area contributed by atoms with Crippen LogP contribution in [0.4, 0.5) is 19.1 Å². The molecular weight excluding hydrogens is 383 g/mol. The van der Waals surface area contributed by atoms with Gasteiger partial charge in [0.05, 0.1) is 0 Å². The fourth-order valence-electron chi connectivity index (χ4n) is 3.62. The maximum Gasteiger partial charge on any atom is 0.433 e. The standard InChI is InChI=1S/C16H16F3N5O2S/c17-16(18,19)14-3-5-21-15(22-14)23-7-11-9-24(10-12(11)8-23)27(25,26)13-2-1-4-20-6-13/h1-6,11-12H,7-10H2. The molecule has 0 amide bonds. The van der Waals surface area contributed by atoms with Gasteiger partial charge in [0.2, 0.25) is 16.0 Å². The van der Waals surface area contributed by atoms with Gasteiger partial charge in [-0.25, -0.2) is 18.4 Å². The van der Waals surface area contributed by atoms with E-state index in [0.29, 0.717) is 26.2 Å². The van der Waals surface area contributed by atoms with E-state index in [-0.39, 0.29) is 22.7 Å². The minimum absolute atomic E-state index is 0.0228. The summed E-state index contributed by atoms with van der Waals surface area (Å²) in [6.45, 7) is 1.48. The first-order chi connectivity index (χ1) is 12.7. The third-order valence-electron chi connectivity index (χ3n) is 4.94. The highest BCUT2D eigenvalue weighted by molar-refractivity contribution is 7.89. The second kappa shape index (κ2) is 6.41. The van der Waals surface area contributed by atoms with Crippen LogP contribution in [0.3, 0.4) is 0 Å². The fraction of sp³-hybridized carbons (Fsp3) is 0.438. The highest BCUT2D eigenvalue weighted by atomic mass is 32.2. The van der Waals surface area contributed by atoms with E-state index < -0.39 is 21.9 Å². The second-order valence-corrected chi connectivity index (χ2v) is 8.61. The Morgan fingerprint density at radius 2 is 1.74 bits per heavy atom. The van der Waals surface area contributed by atoms with Crippen LogP contribution >= 0.6 is 0 Å². The molecule has 2 saturated heterocycles. The summed E-state index contributed by atoms with van der Waals surface area (Å²) in [4.78, 5) is 13.3. The zero-order valence-electron chi connectivity index (χ0n) is 14.0. The highest BCUT2D eigenvalue weighted by Gasteiger charge is 2.45. The molecule has 2 atom stereocenters. The van der Waals surface area contributed by atoms with Crippen LogP contribution in [0, 0.1) is 11.8 Å². The van der Waals surface area contributed by atoms with Gasteiger partial charge < -0.3 is 4.90 Å². The minimum Gasteiger partial charge on any atom is -0.340 e. The Labute approximate surface area is 153 Å². The van der Waals surface area contributed by atoms with Crippen LogP contribution in [0.5, 0.6) is 0 Å². The number of anilines is 1. The Bertz CT molecular complexity index is 925. The van der Waals surface area contributed by atoms with E-state index in [2.05, 4.69) is 15.0 Å². The quantitative estimate of drug-likeness (QED) is 0.781. The number of hydrogen-bond acceptors (Lipinski definition) is 6. The molecule has 2 fully saturated rings. The van der Waals surface area contributed by atoms with Crippen molar-refractivity contribution in [3.8, 4) is 0 Å². The fourth-order valence-corrected chi connectivity index (χ4v) is 5.14. The molecular formula is C16H16F3N5O2S. The Kier molecular flexibility index (Phi) is 4.30. The van der Waals surface area contributed by atoms with Crippen molar-refractivity contribution in [3.05, 3.63) is 42.5 Å². The molecule has 4 heterocycles. The lowest BCUT2D eigenvalue weighted by Gasteiger charge is -2.21. The molecule has 2 aromatic heterocycles. The number of nitrogens with zero attached hydrogens (tertiary/aromatic N) is 5. The van der Waals surface area contributed by atoms with Gasteiger partial charge in [-0.05, 0) is 30.0 Å². The molecule has 2 aliphatic rings. The van der Waals surface area contributed by atoms with Crippen LogP contribution in [0.2, 0.25) is 0 Å². The molecule has 2 aromatic rings. The van der Waals surface area contributed by atoms with E-state index in [1.54, 1.807) is 11.0 Å². The van der Waals surface area contributed by atoms with Crippen molar-refractivity contribution in [2.75, 3.05) is 31.1 Å². The molecule has 0 saturated carbocycles. The molecule has 0 aliphatic carbocycles. The van der Waals surface area contributed by atoms with Crippen molar-refractivity contribution in [1.82, 2.24) is 19.3 Å². The molecule has 0 N–H and O–H groups in total. The van der Waals surface area contributed by atoms with E-state index in [0.717, 1.165) is 12.3 Å². The first-order valence-electron chi connectivity index (χ1n) is 8.30. The van der Waals surface area contributed by atoms with Crippen molar-refractivity contribution in [2.24, 2.45) is 11.8 Å². The number of aromatic nitrogens is 3. The lowest BCUT2D eigenvalue weighted by atomic mass is 10.0. The van der Waals surface area contributed by atoms with Crippen LogP contribution in [-0.4, -0.2) is 53.9 Å². The molecule has 11 heteroatoms. The zero-order valence-corrected chi connectivity index (χ0v) is 14.9. The van der Waals surface area contributed by atoms with E-state index in [9.17, 15) is 21.6 Å². The normalized spacial score (nSPS) is 23.6. The molecule has 0 bridgehead atoms. The number of sulfonamides is 1. The third-order valence-corrected chi connectivity index (χ3v) is 6.76. The molecule has 0 spiro atoms. The molecule has 4 rings (SSSR count). The summed E-state index contributed by atoms with van der Waals surface area (Å²) in [6.07, 6.45) is -0.614. The van der Waals surface area contributed by atoms with Gasteiger partial charge in [-0.15, -0.1) is 0 Å². The molecule has 7 nitrogen and oxygen atoms in total. The van der Waals surface area contributed by atoms with E-state index in [1.165, 1.54) is 22.8 Å². The molecule has 144 valence electrons. The molecule has 2 unspecified atom stereocenters. The largest absolute Gasteiger partial charge is 0.433 e. The number of pyridine rings is 1. The summed E-state index contributed by atoms with van der Waals surface area (Å²) in [7, 11) is -3.62. The summed E-state index contributed by atoms with van der Waals surface area (Å²) in [5.41, 5.74) is -0.981. The van der Waals surface area contributed by atoms with Gasteiger partial charge in [0.1, 0.15) is 10.6 Å². The second-order valence-electron chi connectivity index (χ2n) is 6.68. The summed E-state index contributed by atoms with van der Waals surface area (Å²) >= 11 is 0. The van der Waals surface area contributed by atoms with Crippen molar-refractivity contribution in [3.63, 3.8) is 0 Å². The highest BCUT2D eigenvalue weighted by Crippen LogP contribution is 2.36. The number of rotatable bonds is 3. The summed E-state index contributed by atoms with van der Waals surface area (Å²) < 4.78 is 65.3. The Hall–Kier alpha value is -2.27. The minimum atomic E-state index is -4.53. The van der Waals surface area contributed by atoms with Gasteiger partial charge in [0, 0.05) is 44.8 Å². The topological polar surface area (TPSA) is 79.3 Å². The van der Waals surface area contributed by atoms with Gasteiger partial charge in [-0.2, -0.15) is 17.5 Å². The monoisotopic (exact) mass is 399 g/mol. The van der Waals surface area contributed by atoms with Gasteiger partial charge in [-0.1, -0.05) is 0 Å². The van der Waals surface area contributed by atoms with E-state index in [4.69, 9.17) is 0 Å². The van der Waals surface area contributed by atoms with Gasteiger partial charge in [0.15, 0.2) is 0 Å². The molecule has 27 heavy (non-hydrogen) atoms. The van der Waals surface area contributed by atoms with Crippen LogP contribution in [0.1, 0.15) is 5.69 Å². The molecule has 0 aromatic carbocycles. The number of halogens is 3. The molecule has 2 aliphatic heterocycles. The predicted octanol–water partition coefficient (Wildman–Crippen LogP) is 1.65. The van der Waals surface area contributed by atoms with E-state index >= 15 is 0 Å². The Balaban J connectivity index is 1.48. The van der Waals surface area contributed by atoms with Gasteiger partial charge in [-0.3, -0.25) is 4.98 Å². The first kappa shape index (κ1) is 18.1. The summed E-state index contributed by atoms with van der Waals surface area (Å²) in [5.74, 6) is 0.0741. The van der Waals surface area contributed by atoms with Crippen molar-refractivity contribution >= 4 is 16.0 Å². The smallest absolute Gasteiger partial charge is 0.340 e. The van der Waals surface area contributed by atoms with Crippen LogP contribution in [-0.2, 0) is 16.2 Å². The average Bonchev–Trinajstić information content (AvgIpc) is 3.21. The molecule has 0 radical (unpaired) electrons. The maximum absolute atomic E-state index is 12.8.